The number of nitrogens with zero attached hydrogens (tertiary/aromatic N) is 4. The topological polar surface area (TPSA) is 72.7 Å². The maximum atomic E-state index is 12.2. The first-order valence-electron chi connectivity index (χ1n) is 8.11. The molecule has 26 heavy (non-hydrogen) atoms. The van der Waals surface area contributed by atoms with Crippen LogP contribution in [0.25, 0.3) is 11.4 Å². The summed E-state index contributed by atoms with van der Waals surface area (Å²) in [5.41, 5.74) is 2.19. The standard InChI is InChI=1S/C18H18BrN5OS/c1-3-24-17(13-6-4-5-12(2)9-13)22-23-18(24)26-11-16(25)21-15-8-7-14(19)10-20-15/h4-10H,3,11H2,1-2H3,(H,20,21,25). The fourth-order valence-electron chi connectivity index (χ4n) is 2.44. The zero-order chi connectivity index (χ0) is 18.5. The van der Waals surface area contributed by atoms with Crippen LogP contribution in [0.2, 0.25) is 0 Å². The van der Waals surface area contributed by atoms with Crippen LogP contribution in [0.5, 0.6) is 0 Å². The SMILES string of the molecule is CCn1c(SCC(=O)Nc2ccc(Br)cn2)nnc1-c1cccc(C)c1. The number of rotatable bonds is 6. The predicted molar refractivity (Wildman–Crippen MR) is 107 cm³/mol. The summed E-state index contributed by atoms with van der Waals surface area (Å²) in [7, 11) is 0. The quantitative estimate of drug-likeness (QED) is 0.593. The molecule has 3 aromatic rings. The van der Waals surface area contributed by atoms with Gasteiger partial charge >= 0.3 is 0 Å². The number of anilines is 1. The molecule has 0 radical (unpaired) electrons. The maximum absolute atomic E-state index is 12.2. The van der Waals surface area contributed by atoms with E-state index in [0.29, 0.717) is 5.82 Å². The normalized spacial score (nSPS) is 10.7. The van der Waals surface area contributed by atoms with Crippen molar-refractivity contribution in [2.24, 2.45) is 0 Å². The molecule has 1 amide bonds. The molecular formula is C18H18BrN5OS. The summed E-state index contributed by atoms with van der Waals surface area (Å²) in [4.78, 5) is 16.3. The molecule has 0 aliphatic carbocycles. The van der Waals surface area contributed by atoms with Crippen LogP contribution in [0.15, 0.2) is 52.2 Å². The number of thioether (sulfide) groups is 1. The molecule has 0 aliphatic heterocycles. The van der Waals surface area contributed by atoms with E-state index in [1.165, 1.54) is 17.3 Å². The highest BCUT2D eigenvalue weighted by atomic mass is 79.9. The summed E-state index contributed by atoms with van der Waals surface area (Å²) in [6, 6.07) is 11.7. The first-order chi connectivity index (χ1) is 12.6. The van der Waals surface area contributed by atoms with Crippen molar-refractivity contribution in [1.29, 1.82) is 0 Å². The minimum atomic E-state index is -0.132. The van der Waals surface area contributed by atoms with E-state index in [1.54, 1.807) is 12.3 Å². The lowest BCUT2D eigenvalue weighted by atomic mass is 10.1. The molecule has 8 heteroatoms. The predicted octanol–water partition coefficient (Wildman–Crippen LogP) is 4.16. The zero-order valence-electron chi connectivity index (χ0n) is 14.4. The van der Waals surface area contributed by atoms with Crippen molar-refractivity contribution in [3.05, 3.63) is 52.6 Å². The number of aromatic nitrogens is 4. The van der Waals surface area contributed by atoms with Gasteiger partial charge in [0, 0.05) is 22.8 Å². The van der Waals surface area contributed by atoms with E-state index in [2.05, 4.69) is 42.5 Å². The summed E-state index contributed by atoms with van der Waals surface area (Å²) in [5, 5.41) is 12.1. The highest BCUT2D eigenvalue weighted by Gasteiger charge is 2.15. The largest absolute Gasteiger partial charge is 0.310 e. The van der Waals surface area contributed by atoms with Gasteiger partial charge in [0.1, 0.15) is 5.82 Å². The molecule has 0 unspecified atom stereocenters. The summed E-state index contributed by atoms with van der Waals surface area (Å²) in [6.45, 7) is 4.82. The van der Waals surface area contributed by atoms with Gasteiger partial charge in [-0.2, -0.15) is 0 Å². The Morgan fingerprint density at radius 1 is 1.27 bits per heavy atom. The second-order valence-corrected chi connectivity index (χ2v) is 7.48. The molecule has 1 N–H and O–H groups in total. The maximum Gasteiger partial charge on any atom is 0.236 e. The molecule has 0 saturated heterocycles. The number of benzene rings is 1. The van der Waals surface area contributed by atoms with Gasteiger partial charge in [0.15, 0.2) is 11.0 Å². The summed E-state index contributed by atoms with van der Waals surface area (Å²) >= 11 is 4.68. The van der Waals surface area contributed by atoms with Crippen molar-refractivity contribution >= 4 is 39.4 Å². The molecule has 2 heterocycles. The van der Waals surface area contributed by atoms with Gasteiger partial charge in [0.2, 0.25) is 5.91 Å². The van der Waals surface area contributed by atoms with E-state index in [0.717, 1.165) is 27.6 Å². The van der Waals surface area contributed by atoms with Crippen LogP contribution in [-0.4, -0.2) is 31.4 Å². The van der Waals surface area contributed by atoms with Crippen molar-refractivity contribution in [1.82, 2.24) is 19.7 Å². The van der Waals surface area contributed by atoms with E-state index < -0.39 is 0 Å². The van der Waals surface area contributed by atoms with E-state index in [4.69, 9.17) is 0 Å². The van der Waals surface area contributed by atoms with Gasteiger partial charge < -0.3 is 9.88 Å². The minimum absolute atomic E-state index is 0.132. The van der Waals surface area contributed by atoms with Crippen molar-refractivity contribution in [3.8, 4) is 11.4 Å². The van der Waals surface area contributed by atoms with Gasteiger partial charge in [-0.25, -0.2) is 4.98 Å². The molecule has 134 valence electrons. The molecule has 1 aromatic carbocycles. The zero-order valence-corrected chi connectivity index (χ0v) is 16.8. The Morgan fingerprint density at radius 3 is 2.81 bits per heavy atom. The highest BCUT2D eigenvalue weighted by molar-refractivity contribution is 9.10. The Balaban J connectivity index is 1.68. The third-order valence-corrected chi connectivity index (χ3v) is 5.07. The molecule has 6 nitrogen and oxygen atoms in total. The summed E-state index contributed by atoms with van der Waals surface area (Å²) < 4.78 is 2.88. The molecule has 0 saturated carbocycles. The van der Waals surface area contributed by atoms with Crippen LogP contribution >= 0.6 is 27.7 Å². The minimum Gasteiger partial charge on any atom is -0.310 e. The van der Waals surface area contributed by atoms with Crippen LogP contribution in [0, 0.1) is 6.92 Å². The third-order valence-electron chi connectivity index (χ3n) is 3.64. The molecule has 0 atom stereocenters. The van der Waals surface area contributed by atoms with Crippen LogP contribution in [0.4, 0.5) is 5.82 Å². The number of nitrogens with one attached hydrogen (secondary N) is 1. The molecule has 0 bridgehead atoms. The molecule has 0 fully saturated rings. The third kappa shape index (κ3) is 4.50. The number of carbonyl (C=O) groups is 1. The molecule has 0 aliphatic rings. The lowest BCUT2D eigenvalue weighted by molar-refractivity contribution is -0.113. The van der Waals surface area contributed by atoms with Crippen molar-refractivity contribution < 1.29 is 4.79 Å². The van der Waals surface area contributed by atoms with Gasteiger partial charge in [0.05, 0.1) is 5.75 Å². The van der Waals surface area contributed by atoms with Crippen molar-refractivity contribution in [3.63, 3.8) is 0 Å². The number of hydrogen-bond donors (Lipinski definition) is 1. The summed E-state index contributed by atoms with van der Waals surface area (Å²) in [6.07, 6.45) is 1.64. The fraction of sp³-hybridized carbons (Fsp3) is 0.222. The fourth-order valence-corrected chi connectivity index (χ4v) is 3.47. The number of carbonyl (C=O) groups excluding carboxylic acids is 1. The molecule has 2 aromatic heterocycles. The second kappa shape index (κ2) is 8.46. The second-order valence-electron chi connectivity index (χ2n) is 5.62. The summed E-state index contributed by atoms with van der Waals surface area (Å²) in [5.74, 6) is 1.45. The van der Waals surface area contributed by atoms with Gasteiger partial charge in [-0.05, 0) is 48.0 Å². The van der Waals surface area contributed by atoms with E-state index in [1.807, 2.05) is 42.7 Å². The van der Waals surface area contributed by atoms with Crippen LogP contribution in [-0.2, 0) is 11.3 Å². The van der Waals surface area contributed by atoms with Crippen molar-refractivity contribution in [2.75, 3.05) is 11.1 Å². The van der Waals surface area contributed by atoms with E-state index in [9.17, 15) is 4.79 Å². The monoisotopic (exact) mass is 431 g/mol. The Morgan fingerprint density at radius 2 is 2.12 bits per heavy atom. The first kappa shape index (κ1) is 18.6. The van der Waals surface area contributed by atoms with Crippen molar-refractivity contribution in [2.45, 2.75) is 25.5 Å². The Hall–Kier alpha value is -2.19. The number of pyridine rings is 1. The molecule has 3 rings (SSSR count). The van der Waals surface area contributed by atoms with Gasteiger partial charge in [-0.1, -0.05) is 35.5 Å². The average Bonchev–Trinajstić information content (AvgIpc) is 3.05. The Kier molecular flexibility index (Phi) is 6.05. The van der Waals surface area contributed by atoms with Crippen LogP contribution < -0.4 is 5.32 Å². The lowest BCUT2D eigenvalue weighted by Crippen LogP contribution is -2.15. The molecule has 0 spiro atoms. The van der Waals surface area contributed by atoms with Gasteiger partial charge in [-0.3, -0.25) is 4.79 Å². The first-order valence-corrected chi connectivity index (χ1v) is 9.89. The van der Waals surface area contributed by atoms with Gasteiger partial charge in [-0.15, -0.1) is 10.2 Å². The van der Waals surface area contributed by atoms with Gasteiger partial charge in [0.25, 0.3) is 0 Å². The number of aryl methyl sites for hydroxylation is 1. The lowest BCUT2D eigenvalue weighted by Gasteiger charge is -2.08. The number of halogens is 1. The van der Waals surface area contributed by atoms with E-state index in [-0.39, 0.29) is 11.7 Å². The molecular weight excluding hydrogens is 414 g/mol. The van der Waals surface area contributed by atoms with Crippen LogP contribution in [0.3, 0.4) is 0 Å². The number of hydrogen-bond acceptors (Lipinski definition) is 5. The van der Waals surface area contributed by atoms with Crippen LogP contribution in [0.1, 0.15) is 12.5 Å². The Labute approximate surface area is 164 Å². The van der Waals surface area contributed by atoms with E-state index >= 15 is 0 Å². The number of amides is 1. The Bertz CT molecular complexity index is 910. The highest BCUT2D eigenvalue weighted by Crippen LogP contribution is 2.24. The smallest absolute Gasteiger partial charge is 0.236 e. The average molecular weight is 432 g/mol.